The Morgan fingerprint density at radius 2 is 2.33 bits per heavy atom. The minimum Gasteiger partial charge on any atom is -0.308 e. The zero-order valence-corrected chi connectivity index (χ0v) is 12.2. The van der Waals surface area contributed by atoms with Crippen LogP contribution in [0.5, 0.6) is 0 Å². The van der Waals surface area contributed by atoms with Crippen molar-refractivity contribution in [2.45, 2.75) is 64.2 Å². The molecular formula is C14H23N3S. The molecule has 100 valence electrons. The Balaban J connectivity index is 1.55. The largest absolute Gasteiger partial charge is 0.308 e. The van der Waals surface area contributed by atoms with Gasteiger partial charge < -0.3 is 5.32 Å². The lowest BCUT2D eigenvalue weighted by Crippen LogP contribution is -2.37. The van der Waals surface area contributed by atoms with Crippen molar-refractivity contribution in [2.75, 3.05) is 6.54 Å². The smallest absolute Gasteiger partial charge is 0.107 e. The van der Waals surface area contributed by atoms with E-state index in [1.165, 1.54) is 42.9 Å². The topological polar surface area (TPSA) is 28.2 Å². The zero-order chi connectivity index (χ0) is 12.6. The molecule has 0 radical (unpaired) electrons. The first-order chi connectivity index (χ1) is 8.63. The van der Waals surface area contributed by atoms with Gasteiger partial charge in [-0.05, 0) is 46.1 Å². The van der Waals surface area contributed by atoms with Crippen LogP contribution >= 0.6 is 11.3 Å². The number of aromatic nitrogens is 1. The van der Waals surface area contributed by atoms with Gasteiger partial charge in [0.2, 0.25) is 0 Å². The minimum atomic E-state index is 0.357. The van der Waals surface area contributed by atoms with Gasteiger partial charge in [-0.2, -0.15) is 0 Å². The van der Waals surface area contributed by atoms with Crippen molar-refractivity contribution in [3.63, 3.8) is 0 Å². The molecular weight excluding hydrogens is 242 g/mol. The van der Waals surface area contributed by atoms with Crippen molar-refractivity contribution >= 4 is 11.3 Å². The SMILES string of the molecule is CC1(C)CCCN1Cc1csc(CNC2CC2)n1. The lowest BCUT2D eigenvalue weighted by molar-refractivity contribution is 0.165. The Morgan fingerprint density at radius 3 is 3.00 bits per heavy atom. The molecule has 2 heterocycles. The molecule has 3 nitrogen and oxygen atoms in total. The van der Waals surface area contributed by atoms with Gasteiger partial charge in [0.05, 0.1) is 5.69 Å². The Hall–Kier alpha value is -0.450. The van der Waals surface area contributed by atoms with E-state index in [4.69, 9.17) is 4.98 Å². The summed E-state index contributed by atoms with van der Waals surface area (Å²) in [6, 6.07) is 0.773. The fourth-order valence-electron chi connectivity index (χ4n) is 2.67. The molecule has 1 aromatic rings. The summed E-state index contributed by atoms with van der Waals surface area (Å²) in [5.74, 6) is 0. The number of rotatable bonds is 5. The third-order valence-corrected chi connectivity index (χ3v) is 5.04. The van der Waals surface area contributed by atoms with Crippen LogP contribution in [0.3, 0.4) is 0 Å². The van der Waals surface area contributed by atoms with E-state index in [9.17, 15) is 0 Å². The van der Waals surface area contributed by atoms with E-state index in [2.05, 4.69) is 29.4 Å². The maximum absolute atomic E-state index is 4.75. The van der Waals surface area contributed by atoms with Crippen LogP contribution < -0.4 is 5.32 Å². The third-order valence-electron chi connectivity index (χ3n) is 4.14. The molecule has 2 aliphatic rings. The number of nitrogens with one attached hydrogen (secondary N) is 1. The Labute approximate surface area is 114 Å². The molecule has 1 saturated heterocycles. The van der Waals surface area contributed by atoms with Crippen LogP contribution in [0, 0.1) is 0 Å². The minimum absolute atomic E-state index is 0.357. The predicted octanol–water partition coefficient (Wildman–Crippen LogP) is 2.77. The second-order valence-electron chi connectivity index (χ2n) is 6.23. The third kappa shape index (κ3) is 2.92. The highest BCUT2D eigenvalue weighted by atomic mass is 32.1. The van der Waals surface area contributed by atoms with Gasteiger partial charge in [0.1, 0.15) is 5.01 Å². The van der Waals surface area contributed by atoms with Crippen molar-refractivity contribution in [3.8, 4) is 0 Å². The summed E-state index contributed by atoms with van der Waals surface area (Å²) >= 11 is 1.80. The van der Waals surface area contributed by atoms with Crippen LogP contribution in [0.2, 0.25) is 0 Å². The Morgan fingerprint density at radius 1 is 1.50 bits per heavy atom. The first kappa shape index (κ1) is 12.6. The molecule has 3 rings (SSSR count). The van der Waals surface area contributed by atoms with Crippen LogP contribution in [0.25, 0.3) is 0 Å². The van der Waals surface area contributed by atoms with Gasteiger partial charge in [0.25, 0.3) is 0 Å². The number of hydrogen-bond donors (Lipinski definition) is 1. The fraction of sp³-hybridized carbons (Fsp3) is 0.786. The van der Waals surface area contributed by atoms with Crippen molar-refractivity contribution in [1.29, 1.82) is 0 Å². The van der Waals surface area contributed by atoms with Crippen LogP contribution in [-0.2, 0) is 13.1 Å². The van der Waals surface area contributed by atoms with E-state index >= 15 is 0 Å². The molecule has 1 N–H and O–H groups in total. The molecule has 18 heavy (non-hydrogen) atoms. The second kappa shape index (κ2) is 4.91. The van der Waals surface area contributed by atoms with E-state index in [0.29, 0.717) is 5.54 Å². The maximum Gasteiger partial charge on any atom is 0.107 e. The maximum atomic E-state index is 4.75. The average molecular weight is 265 g/mol. The molecule has 0 bridgehead atoms. The molecule has 4 heteroatoms. The first-order valence-electron chi connectivity index (χ1n) is 7.05. The number of nitrogens with zero attached hydrogens (tertiary/aromatic N) is 2. The van der Waals surface area contributed by atoms with Gasteiger partial charge >= 0.3 is 0 Å². The predicted molar refractivity (Wildman–Crippen MR) is 75.7 cm³/mol. The molecule has 1 aliphatic carbocycles. The van der Waals surface area contributed by atoms with E-state index in [0.717, 1.165) is 19.1 Å². The van der Waals surface area contributed by atoms with Crippen LogP contribution in [0.15, 0.2) is 5.38 Å². The molecule has 1 aliphatic heterocycles. The van der Waals surface area contributed by atoms with Crippen molar-refractivity contribution < 1.29 is 0 Å². The van der Waals surface area contributed by atoms with Gasteiger partial charge in [0.15, 0.2) is 0 Å². The number of hydrogen-bond acceptors (Lipinski definition) is 4. The molecule has 1 saturated carbocycles. The average Bonchev–Trinajstić information content (AvgIpc) is 2.96. The number of thiazole rings is 1. The van der Waals surface area contributed by atoms with Crippen molar-refractivity contribution in [2.24, 2.45) is 0 Å². The van der Waals surface area contributed by atoms with Gasteiger partial charge in [-0.15, -0.1) is 11.3 Å². The normalized spacial score (nSPS) is 23.7. The van der Waals surface area contributed by atoms with E-state index in [1.54, 1.807) is 11.3 Å². The Kier molecular flexibility index (Phi) is 3.43. The molecule has 0 aromatic carbocycles. The van der Waals surface area contributed by atoms with Crippen molar-refractivity contribution in [3.05, 3.63) is 16.1 Å². The number of likely N-dealkylation sites (tertiary alicyclic amines) is 1. The molecule has 0 atom stereocenters. The standard InChI is InChI=1S/C14H23N3S/c1-14(2)6-3-7-17(14)9-12-10-18-13(16-12)8-15-11-4-5-11/h10-11,15H,3-9H2,1-2H3. The van der Waals surface area contributed by atoms with Crippen LogP contribution in [0.4, 0.5) is 0 Å². The van der Waals surface area contributed by atoms with E-state index < -0.39 is 0 Å². The lowest BCUT2D eigenvalue weighted by atomic mass is 10.0. The summed E-state index contributed by atoms with van der Waals surface area (Å²) in [5, 5.41) is 7.01. The highest BCUT2D eigenvalue weighted by Gasteiger charge is 2.32. The monoisotopic (exact) mass is 265 g/mol. The van der Waals surface area contributed by atoms with Gasteiger partial charge in [-0.3, -0.25) is 4.90 Å². The fourth-order valence-corrected chi connectivity index (χ4v) is 3.41. The molecule has 2 fully saturated rings. The molecule has 0 amide bonds. The van der Waals surface area contributed by atoms with Gasteiger partial charge in [-0.1, -0.05) is 0 Å². The van der Waals surface area contributed by atoms with Gasteiger partial charge in [-0.25, -0.2) is 4.98 Å². The summed E-state index contributed by atoms with van der Waals surface area (Å²) in [6.45, 7) is 7.90. The van der Waals surface area contributed by atoms with Gasteiger partial charge in [0, 0.05) is 30.1 Å². The summed E-state index contributed by atoms with van der Waals surface area (Å²) < 4.78 is 0. The highest BCUT2D eigenvalue weighted by Crippen LogP contribution is 2.30. The lowest BCUT2D eigenvalue weighted by Gasteiger charge is -2.30. The summed E-state index contributed by atoms with van der Waals surface area (Å²) in [6.07, 6.45) is 5.33. The van der Waals surface area contributed by atoms with Crippen LogP contribution in [-0.4, -0.2) is 28.0 Å². The van der Waals surface area contributed by atoms with E-state index in [1.807, 2.05) is 0 Å². The zero-order valence-electron chi connectivity index (χ0n) is 11.4. The molecule has 0 unspecified atom stereocenters. The summed E-state index contributed by atoms with van der Waals surface area (Å²) in [7, 11) is 0. The summed E-state index contributed by atoms with van der Waals surface area (Å²) in [4.78, 5) is 7.32. The Bertz CT molecular complexity index is 409. The molecule has 0 spiro atoms. The van der Waals surface area contributed by atoms with E-state index in [-0.39, 0.29) is 0 Å². The quantitative estimate of drug-likeness (QED) is 0.887. The second-order valence-corrected chi connectivity index (χ2v) is 7.17. The van der Waals surface area contributed by atoms with Crippen LogP contribution in [0.1, 0.15) is 50.2 Å². The molecule has 1 aromatic heterocycles. The highest BCUT2D eigenvalue weighted by molar-refractivity contribution is 7.09. The van der Waals surface area contributed by atoms with Crippen molar-refractivity contribution in [1.82, 2.24) is 15.2 Å². The first-order valence-corrected chi connectivity index (χ1v) is 7.93. The summed E-state index contributed by atoms with van der Waals surface area (Å²) in [5.41, 5.74) is 1.61.